The highest BCUT2D eigenvalue weighted by Crippen LogP contribution is 2.69. The molecule has 70 valence electrons. The van der Waals surface area contributed by atoms with Crippen molar-refractivity contribution in [3.8, 4) is 0 Å². The van der Waals surface area contributed by atoms with Gasteiger partial charge in [0.1, 0.15) is 0 Å². The number of rotatable bonds is 2. The topological polar surface area (TPSA) is 26.0 Å². The second-order valence-corrected chi connectivity index (χ2v) is 4.75. The predicted octanol–water partition coefficient (Wildman–Crippen LogP) is 2.16. The molecule has 0 aromatic heterocycles. The fourth-order valence-electron chi connectivity index (χ4n) is 2.47. The van der Waals surface area contributed by atoms with Crippen LogP contribution in [0.4, 0.5) is 8.78 Å². The van der Waals surface area contributed by atoms with Crippen molar-refractivity contribution < 1.29 is 8.78 Å². The Morgan fingerprint density at radius 3 is 2.00 bits per heavy atom. The summed E-state index contributed by atoms with van der Waals surface area (Å²) < 4.78 is 25.4. The summed E-state index contributed by atoms with van der Waals surface area (Å²) in [5.41, 5.74) is 5.50. The summed E-state index contributed by atoms with van der Waals surface area (Å²) in [7, 11) is 0. The molecule has 12 heavy (non-hydrogen) atoms. The fraction of sp³-hybridized carbons (Fsp3) is 1.00. The van der Waals surface area contributed by atoms with E-state index >= 15 is 0 Å². The smallest absolute Gasteiger partial charge is 0.249 e. The van der Waals surface area contributed by atoms with Gasteiger partial charge in [-0.15, -0.1) is 0 Å². The maximum Gasteiger partial charge on any atom is 0.249 e. The van der Waals surface area contributed by atoms with Gasteiger partial charge in [-0.2, -0.15) is 0 Å². The van der Waals surface area contributed by atoms with E-state index in [-0.39, 0.29) is 23.7 Å². The van der Waals surface area contributed by atoms with Crippen LogP contribution < -0.4 is 5.73 Å². The third-order valence-corrected chi connectivity index (χ3v) is 3.87. The quantitative estimate of drug-likeness (QED) is 0.683. The van der Waals surface area contributed by atoms with Crippen molar-refractivity contribution in [1.29, 1.82) is 0 Å². The molecule has 0 radical (unpaired) electrons. The Hall–Kier alpha value is -0.180. The Morgan fingerprint density at radius 2 is 1.75 bits per heavy atom. The van der Waals surface area contributed by atoms with E-state index < -0.39 is 5.92 Å². The van der Waals surface area contributed by atoms with Crippen LogP contribution in [0.2, 0.25) is 0 Å². The lowest BCUT2D eigenvalue weighted by molar-refractivity contribution is -0.182. The van der Waals surface area contributed by atoms with E-state index in [1.807, 2.05) is 0 Å². The lowest BCUT2D eigenvalue weighted by Gasteiger charge is -2.51. The van der Waals surface area contributed by atoms with Crippen molar-refractivity contribution in [1.82, 2.24) is 0 Å². The van der Waals surface area contributed by atoms with Crippen LogP contribution in [0, 0.1) is 10.8 Å². The highest BCUT2D eigenvalue weighted by Gasteiger charge is 2.67. The average Bonchev–Trinajstić information content (AvgIpc) is 2.63. The van der Waals surface area contributed by atoms with Gasteiger partial charge in [0, 0.05) is 12.8 Å². The summed E-state index contributed by atoms with van der Waals surface area (Å²) in [5, 5.41) is 0. The molecule has 0 unspecified atom stereocenters. The molecule has 0 heterocycles. The Labute approximate surface area is 71.3 Å². The standard InChI is InChI=1S/C9H15F2N/c1-7(2-3-7)8(6-12)4-9(10,11)5-8/h2-6,12H2,1H3. The van der Waals surface area contributed by atoms with Crippen molar-refractivity contribution in [2.75, 3.05) is 6.54 Å². The summed E-state index contributed by atoms with van der Waals surface area (Å²) in [6.07, 6.45) is 2.21. The minimum Gasteiger partial charge on any atom is -0.330 e. The molecule has 3 heteroatoms. The second-order valence-electron chi connectivity index (χ2n) is 4.75. The molecule has 0 bridgehead atoms. The predicted molar refractivity (Wildman–Crippen MR) is 43.0 cm³/mol. The number of alkyl halides is 2. The van der Waals surface area contributed by atoms with E-state index in [0.717, 1.165) is 12.8 Å². The summed E-state index contributed by atoms with van der Waals surface area (Å²) in [4.78, 5) is 0. The molecule has 0 saturated heterocycles. The molecule has 2 saturated carbocycles. The van der Waals surface area contributed by atoms with Crippen LogP contribution >= 0.6 is 0 Å². The first-order valence-corrected chi connectivity index (χ1v) is 4.51. The van der Waals surface area contributed by atoms with Crippen LogP contribution in [0.25, 0.3) is 0 Å². The number of hydrogen-bond acceptors (Lipinski definition) is 1. The molecule has 0 spiro atoms. The van der Waals surface area contributed by atoms with Crippen molar-refractivity contribution in [2.24, 2.45) is 16.6 Å². The molecule has 0 amide bonds. The Kier molecular flexibility index (Phi) is 1.41. The molecule has 2 aliphatic carbocycles. The molecular weight excluding hydrogens is 160 g/mol. The third-order valence-electron chi connectivity index (χ3n) is 3.87. The second kappa shape index (κ2) is 2.00. The van der Waals surface area contributed by atoms with Crippen LogP contribution in [-0.2, 0) is 0 Å². The van der Waals surface area contributed by atoms with E-state index in [1.165, 1.54) is 0 Å². The molecule has 0 aromatic carbocycles. The SMILES string of the molecule is CC1(C2(CN)CC(F)(F)C2)CC1. The van der Waals surface area contributed by atoms with Gasteiger partial charge in [-0.05, 0) is 30.2 Å². The molecule has 2 N–H and O–H groups in total. The lowest BCUT2D eigenvalue weighted by atomic mass is 9.57. The minimum absolute atomic E-state index is 0.0208. The summed E-state index contributed by atoms with van der Waals surface area (Å²) >= 11 is 0. The van der Waals surface area contributed by atoms with Gasteiger partial charge in [0.15, 0.2) is 0 Å². The number of hydrogen-bond donors (Lipinski definition) is 1. The number of nitrogens with two attached hydrogens (primary N) is 1. The van der Waals surface area contributed by atoms with E-state index in [1.54, 1.807) is 0 Å². The van der Waals surface area contributed by atoms with Crippen LogP contribution in [-0.4, -0.2) is 12.5 Å². The first-order chi connectivity index (χ1) is 5.43. The van der Waals surface area contributed by atoms with Gasteiger partial charge in [0.2, 0.25) is 5.92 Å². The van der Waals surface area contributed by atoms with Crippen molar-refractivity contribution in [2.45, 2.75) is 38.5 Å². The van der Waals surface area contributed by atoms with Gasteiger partial charge < -0.3 is 5.73 Å². The third kappa shape index (κ3) is 0.920. The maximum absolute atomic E-state index is 12.7. The maximum atomic E-state index is 12.7. The van der Waals surface area contributed by atoms with Crippen LogP contribution in [0.15, 0.2) is 0 Å². The van der Waals surface area contributed by atoms with Gasteiger partial charge >= 0.3 is 0 Å². The summed E-state index contributed by atoms with van der Waals surface area (Å²) in [6, 6.07) is 0. The van der Waals surface area contributed by atoms with Crippen molar-refractivity contribution >= 4 is 0 Å². The highest BCUT2D eigenvalue weighted by atomic mass is 19.3. The van der Waals surface area contributed by atoms with E-state index in [4.69, 9.17) is 5.73 Å². The Balaban J connectivity index is 2.10. The zero-order valence-corrected chi connectivity index (χ0v) is 7.37. The van der Waals surface area contributed by atoms with Crippen LogP contribution in [0.3, 0.4) is 0 Å². The highest BCUT2D eigenvalue weighted by molar-refractivity contribution is 5.13. The Morgan fingerprint density at radius 1 is 1.25 bits per heavy atom. The first kappa shape index (κ1) is 8.42. The van der Waals surface area contributed by atoms with Gasteiger partial charge in [0.05, 0.1) is 0 Å². The zero-order valence-electron chi connectivity index (χ0n) is 7.37. The first-order valence-electron chi connectivity index (χ1n) is 4.51. The van der Waals surface area contributed by atoms with Crippen LogP contribution in [0.5, 0.6) is 0 Å². The molecule has 0 aromatic rings. The van der Waals surface area contributed by atoms with Gasteiger partial charge in [-0.25, -0.2) is 8.78 Å². The fourth-order valence-corrected chi connectivity index (χ4v) is 2.47. The van der Waals surface area contributed by atoms with E-state index in [9.17, 15) is 8.78 Å². The van der Waals surface area contributed by atoms with E-state index in [0.29, 0.717) is 6.54 Å². The molecule has 1 nitrogen and oxygen atoms in total. The largest absolute Gasteiger partial charge is 0.330 e. The van der Waals surface area contributed by atoms with Crippen molar-refractivity contribution in [3.63, 3.8) is 0 Å². The zero-order chi connectivity index (χ0) is 9.04. The number of halogens is 2. The molecule has 0 aliphatic heterocycles. The molecule has 2 rings (SSSR count). The van der Waals surface area contributed by atoms with Crippen molar-refractivity contribution in [3.05, 3.63) is 0 Å². The average molecular weight is 175 g/mol. The molecule has 2 fully saturated rings. The molecule has 0 atom stereocenters. The monoisotopic (exact) mass is 175 g/mol. The molecule has 2 aliphatic rings. The molecular formula is C9H15F2N. The minimum atomic E-state index is -2.43. The Bertz CT molecular complexity index is 201. The van der Waals surface area contributed by atoms with Gasteiger partial charge in [0.25, 0.3) is 0 Å². The summed E-state index contributed by atoms with van der Waals surface area (Å²) in [5.74, 6) is -2.43. The van der Waals surface area contributed by atoms with Gasteiger partial charge in [-0.3, -0.25) is 0 Å². The van der Waals surface area contributed by atoms with E-state index in [2.05, 4.69) is 6.92 Å². The summed E-state index contributed by atoms with van der Waals surface area (Å²) in [6.45, 7) is 2.52. The van der Waals surface area contributed by atoms with Gasteiger partial charge in [-0.1, -0.05) is 6.92 Å². The van der Waals surface area contributed by atoms with Crippen LogP contribution in [0.1, 0.15) is 32.6 Å². The normalized spacial score (nSPS) is 34.0. The lowest BCUT2D eigenvalue weighted by Crippen LogP contribution is -2.54.